The van der Waals surface area contributed by atoms with Crippen LogP contribution in [0.4, 0.5) is 0 Å². The average Bonchev–Trinajstić information content (AvgIpc) is 2.87. The van der Waals surface area contributed by atoms with Crippen molar-refractivity contribution < 1.29 is 9.47 Å². The fourth-order valence-electron chi connectivity index (χ4n) is 2.85. The van der Waals surface area contributed by atoms with Crippen LogP contribution in [0.3, 0.4) is 0 Å². The van der Waals surface area contributed by atoms with Gasteiger partial charge >= 0.3 is 0 Å². The molecule has 0 amide bonds. The van der Waals surface area contributed by atoms with Gasteiger partial charge in [0.15, 0.2) is 0 Å². The maximum absolute atomic E-state index is 5.50. The Morgan fingerprint density at radius 1 is 1.47 bits per heavy atom. The molecule has 2 saturated heterocycles. The zero-order valence-corrected chi connectivity index (χ0v) is 12.0. The fraction of sp³-hybridized carbons (Fsp3) is 0.643. The number of likely N-dealkylation sites (tertiary alicyclic amines) is 1. The number of nitrogens with zero attached hydrogens (tertiary/aromatic N) is 1. The minimum absolute atomic E-state index is 0.393. The molecule has 104 valence electrons. The predicted octanol–water partition coefficient (Wildman–Crippen LogP) is 2.08. The van der Waals surface area contributed by atoms with Crippen molar-refractivity contribution in [1.82, 2.24) is 9.88 Å². The van der Waals surface area contributed by atoms with E-state index in [4.69, 9.17) is 21.7 Å². The van der Waals surface area contributed by atoms with Gasteiger partial charge in [-0.1, -0.05) is 18.3 Å². The van der Waals surface area contributed by atoms with Crippen LogP contribution < -0.4 is 0 Å². The molecular formula is C14H20N2O2S. The van der Waals surface area contributed by atoms with Crippen molar-refractivity contribution in [2.45, 2.75) is 25.0 Å². The summed E-state index contributed by atoms with van der Waals surface area (Å²) < 4.78 is 11.6. The molecule has 1 N–H and O–H groups in total. The first-order valence-electron chi connectivity index (χ1n) is 6.81. The van der Waals surface area contributed by atoms with Crippen molar-refractivity contribution >= 4 is 12.2 Å². The Morgan fingerprint density at radius 2 is 2.32 bits per heavy atom. The molecule has 0 saturated carbocycles. The predicted molar refractivity (Wildman–Crippen MR) is 75.9 cm³/mol. The summed E-state index contributed by atoms with van der Waals surface area (Å²) in [5.41, 5.74) is 2.62. The molecule has 4 nitrogen and oxygen atoms in total. The van der Waals surface area contributed by atoms with Gasteiger partial charge in [0.25, 0.3) is 0 Å². The zero-order valence-electron chi connectivity index (χ0n) is 11.2. The van der Waals surface area contributed by atoms with Crippen LogP contribution >= 0.6 is 12.2 Å². The molecule has 2 aliphatic heterocycles. The Balaban J connectivity index is 1.75. The van der Waals surface area contributed by atoms with E-state index in [1.807, 2.05) is 6.07 Å². The normalized spacial score (nSPS) is 24.6. The van der Waals surface area contributed by atoms with Crippen LogP contribution in [-0.2, 0) is 16.0 Å². The number of aromatic nitrogens is 1. The number of aromatic amines is 1. The Kier molecular flexibility index (Phi) is 3.98. The van der Waals surface area contributed by atoms with E-state index in [-0.39, 0.29) is 0 Å². The summed E-state index contributed by atoms with van der Waals surface area (Å²) in [6.45, 7) is 4.64. The molecule has 3 rings (SSSR count). The molecule has 3 heterocycles. The molecule has 19 heavy (non-hydrogen) atoms. The standard InChI is InChI=1S/C14H20N2O2S/c1-17-11-6-16(7-11)8-13-12(2-3-14(19)15-13)10-4-5-18-9-10/h2-3,10-11H,4-9H2,1H3,(H,15,19)/t10-/m1/s1. The summed E-state index contributed by atoms with van der Waals surface area (Å²) in [5.74, 6) is 0.515. The largest absolute Gasteiger partial charge is 0.381 e. The van der Waals surface area contributed by atoms with Crippen molar-refractivity contribution in [3.8, 4) is 0 Å². The van der Waals surface area contributed by atoms with E-state index in [2.05, 4.69) is 16.0 Å². The third kappa shape index (κ3) is 2.89. The van der Waals surface area contributed by atoms with E-state index >= 15 is 0 Å². The maximum atomic E-state index is 5.50. The highest BCUT2D eigenvalue weighted by Crippen LogP contribution is 2.28. The minimum atomic E-state index is 0.393. The van der Waals surface area contributed by atoms with E-state index in [1.54, 1.807) is 7.11 Å². The minimum Gasteiger partial charge on any atom is -0.381 e. The van der Waals surface area contributed by atoms with Crippen molar-refractivity contribution in [3.05, 3.63) is 28.0 Å². The molecule has 5 heteroatoms. The highest BCUT2D eigenvalue weighted by Gasteiger charge is 2.28. The summed E-state index contributed by atoms with van der Waals surface area (Å²) in [7, 11) is 1.78. The number of nitrogens with one attached hydrogen (secondary N) is 1. The Labute approximate surface area is 118 Å². The van der Waals surface area contributed by atoms with Crippen LogP contribution in [0, 0.1) is 4.64 Å². The van der Waals surface area contributed by atoms with Crippen LogP contribution in [0.5, 0.6) is 0 Å². The van der Waals surface area contributed by atoms with E-state index < -0.39 is 0 Å². The Hall–Kier alpha value is -0.750. The SMILES string of the molecule is COC1CN(Cc2[nH]c(=S)ccc2[C@@H]2CCOC2)C1. The molecule has 1 atom stereocenters. The molecule has 2 aliphatic rings. The molecule has 1 aromatic heterocycles. The van der Waals surface area contributed by atoms with Gasteiger partial charge in [0, 0.05) is 45.0 Å². The highest BCUT2D eigenvalue weighted by atomic mass is 32.1. The summed E-state index contributed by atoms with van der Waals surface area (Å²) in [5, 5.41) is 0. The van der Waals surface area contributed by atoms with E-state index in [9.17, 15) is 0 Å². The van der Waals surface area contributed by atoms with Crippen LogP contribution in [0.25, 0.3) is 0 Å². The first-order chi connectivity index (χ1) is 9.26. The van der Waals surface area contributed by atoms with Crippen LogP contribution in [-0.4, -0.2) is 49.4 Å². The van der Waals surface area contributed by atoms with Crippen LogP contribution in [0.1, 0.15) is 23.6 Å². The second-order valence-electron chi connectivity index (χ2n) is 5.37. The van der Waals surface area contributed by atoms with Gasteiger partial charge in [0.05, 0.1) is 12.7 Å². The Bertz CT molecular complexity index is 490. The quantitative estimate of drug-likeness (QED) is 0.857. The van der Waals surface area contributed by atoms with Crippen LogP contribution in [0.15, 0.2) is 12.1 Å². The van der Waals surface area contributed by atoms with Gasteiger partial charge in [-0.15, -0.1) is 0 Å². The van der Waals surface area contributed by atoms with E-state index in [0.29, 0.717) is 12.0 Å². The fourth-order valence-corrected chi connectivity index (χ4v) is 3.04. The first-order valence-corrected chi connectivity index (χ1v) is 7.22. The lowest BCUT2D eigenvalue weighted by atomic mass is 9.96. The number of ether oxygens (including phenoxy) is 2. The molecule has 2 fully saturated rings. The second kappa shape index (κ2) is 5.71. The number of methoxy groups -OCH3 is 1. The van der Waals surface area contributed by atoms with Gasteiger partial charge in [0.2, 0.25) is 0 Å². The number of pyridine rings is 1. The third-order valence-electron chi connectivity index (χ3n) is 4.05. The smallest absolute Gasteiger partial charge is 0.103 e. The lowest BCUT2D eigenvalue weighted by Crippen LogP contribution is -2.51. The molecule has 0 aliphatic carbocycles. The van der Waals surface area contributed by atoms with Crippen LogP contribution in [0.2, 0.25) is 0 Å². The molecule has 0 spiro atoms. The van der Waals surface area contributed by atoms with Crippen molar-refractivity contribution in [2.24, 2.45) is 0 Å². The van der Waals surface area contributed by atoms with Gasteiger partial charge < -0.3 is 14.5 Å². The summed E-state index contributed by atoms with van der Waals surface area (Å²) >= 11 is 5.26. The van der Waals surface area contributed by atoms with E-state index in [0.717, 1.165) is 43.9 Å². The van der Waals surface area contributed by atoms with Gasteiger partial charge in [-0.25, -0.2) is 0 Å². The molecule has 0 aromatic carbocycles. The number of hydrogen-bond acceptors (Lipinski definition) is 4. The molecule has 0 bridgehead atoms. The number of H-pyrrole nitrogens is 1. The number of hydrogen-bond donors (Lipinski definition) is 1. The second-order valence-corrected chi connectivity index (χ2v) is 5.81. The molecule has 0 radical (unpaired) electrons. The molecular weight excluding hydrogens is 260 g/mol. The van der Waals surface area contributed by atoms with Crippen molar-refractivity contribution in [2.75, 3.05) is 33.4 Å². The molecule has 1 aromatic rings. The zero-order chi connectivity index (χ0) is 13.2. The summed E-state index contributed by atoms with van der Waals surface area (Å²) in [6.07, 6.45) is 1.50. The topological polar surface area (TPSA) is 37.5 Å². The maximum Gasteiger partial charge on any atom is 0.103 e. The van der Waals surface area contributed by atoms with Crippen molar-refractivity contribution in [3.63, 3.8) is 0 Å². The van der Waals surface area contributed by atoms with Crippen molar-refractivity contribution in [1.29, 1.82) is 0 Å². The first kappa shape index (κ1) is 13.2. The lowest BCUT2D eigenvalue weighted by molar-refractivity contribution is -0.0340. The number of rotatable bonds is 4. The summed E-state index contributed by atoms with van der Waals surface area (Å²) in [4.78, 5) is 5.74. The Morgan fingerprint density at radius 3 is 3.00 bits per heavy atom. The van der Waals surface area contributed by atoms with Gasteiger partial charge in [-0.2, -0.15) is 0 Å². The van der Waals surface area contributed by atoms with Gasteiger partial charge in [0.1, 0.15) is 4.64 Å². The average molecular weight is 280 g/mol. The third-order valence-corrected chi connectivity index (χ3v) is 4.28. The molecule has 0 unspecified atom stereocenters. The van der Waals surface area contributed by atoms with Gasteiger partial charge in [-0.05, 0) is 18.1 Å². The van der Waals surface area contributed by atoms with E-state index in [1.165, 1.54) is 11.3 Å². The monoisotopic (exact) mass is 280 g/mol. The van der Waals surface area contributed by atoms with Gasteiger partial charge in [-0.3, -0.25) is 4.90 Å². The highest BCUT2D eigenvalue weighted by molar-refractivity contribution is 7.71. The lowest BCUT2D eigenvalue weighted by Gasteiger charge is -2.38. The summed E-state index contributed by atoms with van der Waals surface area (Å²) in [6, 6.07) is 4.15.